The molecule has 1 fully saturated rings. The Morgan fingerprint density at radius 3 is 2.71 bits per heavy atom. The number of ether oxygens (including phenoxy) is 1. The lowest BCUT2D eigenvalue weighted by molar-refractivity contribution is 0.0614. The molecule has 0 N–H and O–H groups in total. The maximum Gasteiger partial charge on any atom is 0.254 e. The fourth-order valence-corrected chi connectivity index (χ4v) is 4.53. The number of nitrogens with zero attached hydrogens (tertiary/aromatic N) is 5. The van der Waals surface area contributed by atoms with Crippen molar-refractivity contribution in [1.29, 1.82) is 0 Å². The van der Waals surface area contributed by atoms with E-state index in [9.17, 15) is 4.79 Å². The van der Waals surface area contributed by atoms with E-state index in [2.05, 4.69) is 20.2 Å². The second kappa shape index (κ2) is 9.78. The minimum absolute atomic E-state index is 0.0000248. The van der Waals surface area contributed by atoms with Crippen LogP contribution in [0.2, 0.25) is 0 Å². The third kappa shape index (κ3) is 4.87. The molecule has 1 aliphatic heterocycles. The molecule has 176 valence electrons. The van der Waals surface area contributed by atoms with E-state index in [4.69, 9.17) is 13.8 Å². The molecular formula is C24H25N5O4S. The van der Waals surface area contributed by atoms with E-state index in [0.717, 1.165) is 35.7 Å². The van der Waals surface area contributed by atoms with E-state index in [1.807, 2.05) is 53.8 Å². The first-order valence-electron chi connectivity index (χ1n) is 11.1. The molecule has 4 aromatic rings. The molecule has 0 unspecified atom stereocenters. The number of thiophene rings is 1. The number of hydrogen-bond acceptors (Lipinski definition) is 9. The Balaban J connectivity index is 1.15. The molecule has 5 rings (SSSR count). The van der Waals surface area contributed by atoms with Crippen molar-refractivity contribution < 1.29 is 18.6 Å². The summed E-state index contributed by atoms with van der Waals surface area (Å²) in [6, 6.07) is 9.27. The number of benzene rings is 1. The standard InChI is InChI=1S/C24H25N5O4S/c1-16-21(17(2)32-26-16)14-31-20-5-3-4-18(12-20)24(30)29-9-7-28(8-10-29)13-22-25-23(27-33-22)19-6-11-34-15-19/h3-6,11-12,15H,7-10,13-14H2,1-2H3. The molecule has 1 amide bonds. The monoisotopic (exact) mass is 479 g/mol. The van der Waals surface area contributed by atoms with Crippen molar-refractivity contribution in [1.82, 2.24) is 25.1 Å². The highest BCUT2D eigenvalue weighted by atomic mass is 32.1. The third-order valence-corrected chi connectivity index (χ3v) is 6.59. The van der Waals surface area contributed by atoms with Crippen molar-refractivity contribution in [3.63, 3.8) is 0 Å². The van der Waals surface area contributed by atoms with E-state index in [0.29, 0.717) is 49.3 Å². The predicted octanol–water partition coefficient (Wildman–Crippen LogP) is 3.94. The van der Waals surface area contributed by atoms with Crippen LogP contribution in [0.1, 0.15) is 33.3 Å². The number of carbonyl (C=O) groups excluding carboxylic acids is 1. The summed E-state index contributed by atoms with van der Waals surface area (Å²) in [4.78, 5) is 21.7. The smallest absolute Gasteiger partial charge is 0.254 e. The van der Waals surface area contributed by atoms with Gasteiger partial charge in [0, 0.05) is 42.7 Å². The fourth-order valence-electron chi connectivity index (χ4n) is 3.89. The second-order valence-electron chi connectivity index (χ2n) is 8.21. The molecule has 0 saturated carbocycles. The molecule has 1 saturated heterocycles. The van der Waals surface area contributed by atoms with Crippen molar-refractivity contribution >= 4 is 17.2 Å². The summed E-state index contributed by atoms with van der Waals surface area (Å²) in [6.07, 6.45) is 0. The van der Waals surface area contributed by atoms with E-state index < -0.39 is 0 Å². The fraction of sp³-hybridized carbons (Fsp3) is 0.333. The summed E-state index contributed by atoms with van der Waals surface area (Å²) in [7, 11) is 0. The van der Waals surface area contributed by atoms with E-state index in [1.54, 1.807) is 17.4 Å². The summed E-state index contributed by atoms with van der Waals surface area (Å²) in [5.74, 6) is 2.58. The minimum Gasteiger partial charge on any atom is -0.489 e. The highest BCUT2D eigenvalue weighted by molar-refractivity contribution is 7.08. The van der Waals surface area contributed by atoms with Crippen molar-refractivity contribution in [3.05, 3.63) is 69.6 Å². The molecule has 34 heavy (non-hydrogen) atoms. The Bertz CT molecular complexity index is 1240. The highest BCUT2D eigenvalue weighted by Crippen LogP contribution is 2.21. The molecular weight excluding hydrogens is 454 g/mol. The Morgan fingerprint density at radius 2 is 1.97 bits per heavy atom. The molecule has 0 aliphatic carbocycles. The number of amides is 1. The van der Waals surface area contributed by atoms with Gasteiger partial charge in [-0.2, -0.15) is 16.3 Å². The van der Waals surface area contributed by atoms with Gasteiger partial charge in [0.25, 0.3) is 5.91 Å². The summed E-state index contributed by atoms with van der Waals surface area (Å²) in [5.41, 5.74) is 3.32. The Kier molecular flexibility index (Phi) is 6.41. The van der Waals surface area contributed by atoms with Gasteiger partial charge in [-0.25, -0.2) is 0 Å². The summed E-state index contributed by atoms with van der Waals surface area (Å²) >= 11 is 1.60. The molecule has 0 spiro atoms. The quantitative estimate of drug-likeness (QED) is 0.393. The molecule has 0 bridgehead atoms. The zero-order chi connectivity index (χ0) is 23.5. The molecule has 3 aromatic heterocycles. The van der Waals surface area contributed by atoms with Gasteiger partial charge in [-0.05, 0) is 43.5 Å². The van der Waals surface area contributed by atoms with Gasteiger partial charge in [-0.1, -0.05) is 16.4 Å². The Morgan fingerprint density at radius 1 is 1.12 bits per heavy atom. The normalized spacial score (nSPS) is 14.5. The lowest BCUT2D eigenvalue weighted by Gasteiger charge is -2.34. The van der Waals surface area contributed by atoms with Crippen LogP contribution in [0, 0.1) is 13.8 Å². The first kappa shape index (κ1) is 22.3. The lowest BCUT2D eigenvalue weighted by Crippen LogP contribution is -2.48. The number of aromatic nitrogens is 3. The van der Waals surface area contributed by atoms with Crippen LogP contribution in [0.25, 0.3) is 11.4 Å². The number of aryl methyl sites for hydroxylation is 2. The summed E-state index contributed by atoms with van der Waals surface area (Å²) < 4.78 is 16.5. The van der Waals surface area contributed by atoms with Gasteiger partial charge in [-0.15, -0.1) is 0 Å². The molecule has 4 heterocycles. The van der Waals surface area contributed by atoms with Crippen LogP contribution >= 0.6 is 11.3 Å². The maximum atomic E-state index is 13.1. The van der Waals surface area contributed by atoms with E-state index in [-0.39, 0.29) is 5.91 Å². The van der Waals surface area contributed by atoms with Crippen molar-refractivity contribution in [3.8, 4) is 17.1 Å². The number of carbonyl (C=O) groups is 1. The molecule has 9 nitrogen and oxygen atoms in total. The van der Waals surface area contributed by atoms with E-state index in [1.165, 1.54) is 0 Å². The zero-order valence-corrected chi connectivity index (χ0v) is 19.9. The summed E-state index contributed by atoms with van der Waals surface area (Å²) in [6.45, 7) is 7.41. The highest BCUT2D eigenvalue weighted by Gasteiger charge is 2.24. The van der Waals surface area contributed by atoms with Crippen molar-refractivity contribution in [2.24, 2.45) is 0 Å². The van der Waals surface area contributed by atoms with Gasteiger partial charge in [-0.3, -0.25) is 9.69 Å². The van der Waals surface area contributed by atoms with Gasteiger partial charge in [0.05, 0.1) is 17.8 Å². The summed E-state index contributed by atoms with van der Waals surface area (Å²) in [5, 5.41) is 12.0. The lowest BCUT2D eigenvalue weighted by atomic mass is 10.1. The average molecular weight is 480 g/mol. The van der Waals surface area contributed by atoms with Crippen LogP contribution in [-0.4, -0.2) is 57.2 Å². The molecule has 1 aromatic carbocycles. The number of hydrogen-bond donors (Lipinski definition) is 0. The first-order valence-corrected chi connectivity index (χ1v) is 12.0. The van der Waals surface area contributed by atoms with Crippen LogP contribution in [0.4, 0.5) is 0 Å². The van der Waals surface area contributed by atoms with Crippen molar-refractivity contribution in [2.75, 3.05) is 26.2 Å². The number of piperazine rings is 1. The second-order valence-corrected chi connectivity index (χ2v) is 8.99. The number of rotatable bonds is 7. The van der Waals surface area contributed by atoms with Crippen LogP contribution in [-0.2, 0) is 13.2 Å². The minimum atomic E-state index is -0.0000248. The van der Waals surface area contributed by atoms with Gasteiger partial charge in [0.15, 0.2) is 0 Å². The van der Waals surface area contributed by atoms with E-state index >= 15 is 0 Å². The molecule has 10 heteroatoms. The van der Waals surface area contributed by atoms with Crippen LogP contribution in [0.5, 0.6) is 5.75 Å². The van der Waals surface area contributed by atoms with Gasteiger partial charge >= 0.3 is 0 Å². The predicted molar refractivity (Wildman–Crippen MR) is 126 cm³/mol. The SMILES string of the molecule is Cc1noc(C)c1COc1cccc(C(=O)N2CCN(Cc3nc(-c4ccsc4)no3)CC2)c1. The Labute approximate surface area is 200 Å². The first-order chi connectivity index (χ1) is 16.6. The Hall–Kier alpha value is -3.50. The third-order valence-electron chi connectivity index (χ3n) is 5.91. The van der Waals surface area contributed by atoms with Crippen LogP contribution in [0.3, 0.4) is 0 Å². The van der Waals surface area contributed by atoms with Crippen LogP contribution < -0.4 is 4.74 Å². The maximum absolute atomic E-state index is 13.1. The van der Waals surface area contributed by atoms with Crippen LogP contribution in [0.15, 0.2) is 50.1 Å². The molecule has 1 aliphatic rings. The van der Waals surface area contributed by atoms with Gasteiger partial charge in [0.2, 0.25) is 11.7 Å². The average Bonchev–Trinajstić information content (AvgIpc) is 3.61. The van der Waals surface area contributed by atoms with Crippen molar-refractivity contribution in [2.45, 2.75) is 27.0 Å². The largest absolute Gasteiger partial charge is 0.489 e. The molecule has 0 atom stereocenters. The molecule has 0 radical (unpaired) electrons. The van der Waals surface area contributed by atoms with Gasteiger partial charge in [0.1, 0.15) is 18.1 Å². The zero-order valence-electron chi connectivity index (χ0n) is 19.1. The van der Waals surface area contributed by atoms with Gasteiger partial charge < -0.3 is 18.7 Å². The topological polar surface area (TPSA) is 97.7 Å².